The van der Waals surface area contributed by atoms with E-state index in [4.69, 9.17) is 4.52 Å². The SMILES string of the molecule is COP(=O)(c1ccc([N+](=O)[O-])cc1)c1ccc(C(F)(F)F)cc1. The molecule has 122 valence electrons. The van der Waals surface area contributed by atoms with E-state index in [1.165, 1.54) is 19.2 Å². The van der Waals surface area contributed by atoms with E-state index in [0.29, 0.717) is 0 Å². The summed E-state index contributed by atoms with van der Waals surface area (Å²) in [6.07, 6.45) is -4.50. The number of halogens is 3. The Hall–Kier alpha value is -2.18. The Kier molecular flexibility index (Phi) is 4.58. The van der Waals surface area contributed by atoms with Crippen LogP contribution in [0.25, 0.3) is 0 Å². The van der Waals surface area contributed by atoms with Gasteiger partial charge in [-0.25, -0.2) is 0 Å². The number of nitro benzene ring substituents is 1. The van der Waals surface area contributed by atoms with E-state index in [1.807, 2.05) is 0 Å². The smallest absolute Gasteiger partial charge is 0.325 e. The second-order valence-corrected chi connectivity index (χ2v) is 7.05. The van der Waals surface area contributed by atoms with Gasteiger partial charge in [0.05, 0.1) is 10.5 Å². The number of rotatable bonds is 4. The van der Waals surface area contributed by atoms with Crippen LogP contribution in [0.4, 0.5) is 18.9 Å². The van der Waals surface area contributed by atoms with Gasteiger partial charge < -0.3 is 4.52 Å². The third-order valence-electron chi connectivity index (χ3n) is 3.19. The highest BCUT2D eigenvalue weighted by Gasteiger charge is 2.32. The third kappa shape index (κ3) is 3.43. The zero-order valence-electron chi connectivity index (χ0n) is 11.8. The quantitative estimate of drug-likeness (QED) is 0.483. The summed E-state index contributed by atoms with van der Waals surface area (Å²) < 4.78 is 55.7. The van der Waals surface area contributed by atoms with Crippen molar-refractivity contribution >= 4 is 23.7 Å². The lowest BCUT2D eigenvalue weighted by atomic mass is 10.2. The third-order valence-corrected chi connectivity index (χ3v) is 5.66. The molecule has 0 spiro atoms. The van der Waals surface area contributed by atoms with Gasteiger partial charge in [0.15, 0.2) is 0 Å². The lowest BCUT2D eigenvalue weighted by Crippen LogP contribution is -2.18. The Morgan fingerprint density at radius 2 is 1.43 bits per heavy atom. The van der Waals surface area contributed by atoms with E-state index >= 15 is 0 Å². The molecule has 0 fully saturated rings. The van der Waals surface area contributed by atoms with Crippen LogP contribution < -0.4 is 10.6 Å². The molecule has 2 rings (SSSR count). The molecular formula is C14H11F3NO4P. The maximum absolute atomic E-state index is 13.0. The molecule has 0 saturated heterocycles. The first-order chi connectivity index (χ1) is 10.7. The summed E-state index contributed by atoms with van der Waals surface area (Å²) in [7, 11) is -2.45. The number of alkyl halides is 3. The lowest BCUT2D eigenvalue weighted by molar-refractivity contribution is -0.384. The molecule has 5 nitrogen and oxygen atoms in total. The van der Waals surface area contributed by atoms with E-state index < -0.39 is 24.0 Å². The maximum atomic E-state index is 13.0. The second kappa shape index (κ2) is 6.14. The monoisotopic (exact) mass is 345 g/mol. The molecule has 2 aromatic rings. The predicted molar refractivity (Wildman–Crippen MR) is 78.4 cm³/mol. The van der Waals surface area contributed by atoms with Crippen molar-refractivity contribution < 1.29 is 27.2 Å². The number of hydrogen-bond donors (Lipinski definition) is 0. The van der Waals surface area contributed by atoms with E-state index in [1.54, 1.807) is 0 Å². The van der Waals surface area contributed by atoms with Crippen molar-refractivity contribution in [2.24, 2.45) is 0 Å². The maximum Gasteiger partial charge on any atom is 0.416 e. The molecule has 1 unspecified atom stereocenters. The van der Waals surface area contributed by atoms with Crippen LogP contribution in [0.1, 0.15) is 5.56 Å². The average Bonchev–Trinajstić information content (AvgIpc) is 2.53. The van der Waals surface area contributed by atoms with Gasteiger partial charge in [-0.1, -0.05) is 0 Å². The molecule has 0 bridgehead atoms. The number of non-ortho nitro benzene ring substituents is 1. The van der Waals surface area contributed by atoms with E-state index in [2.05, 4.69) is 0 Å². The van der Waals surface area contributed by atoms with Gasteiger partial charge in [-0.05, 0) is 36.4 Å². The lowest BCUT2D eigenvalue weighted by Gasteiger charge is -2.17. The number of nitrogens with zero attached hydrogens (tertiary/aromatic N) is 1. The summed E-state index contributed by atoms with van der Waals surface area (Å²) >= 11 is 0. The van der Waals surface area contributed by atoms with Crippen LogP contribution in [0.15, 0.2) is 48.5 Å². The Balaban J connectivity index is 2.44. The summed E-state index contributed by atoms with van der Waals surface area (Å²) in [6, 6.07) is 8.62. The molecule has 0 aliphatic rings. The molecule has 0 saturated carbocycles. The van der Waals surface area contributed by atoms with Crippen LogP contribution >= 0.6 is 7.37 Å². The molecule has 0 aliphatic carbocycles. The molecule has 2 aromatic carbocycles. The van der Waals surface area contributed by atoms with Crippen molar-refractivity contribution in [2.75, 3.05) is 7.11 Å². The van der Waals surface area contributed by atoms with Crippen LogP contribution in [-0.2, 0) is 15.3 Å². The average molecular weight is 345 g/mol. The minimum atomic E-state index is -4.50. The minimum absolute atomic E-state index is 0.0712. The molecule has 0 aliphatic heterocycles. The van der Waals surface area contributed by atoms with Crippen molar-refractivity contribution in [1.29, 1.82) is 0 Å². The van der Waals surface area contributed by atoms with Crippen LogP contribution in [0.2, 0.25) is 0 Å². The molecule has 1 atom stereocenters. The molecule has 0 heterocycles. The Bertz CT molecular complexity index is 757. The topological polar surface area (TPSA) is 69.4 Å². The van der Waals surface area contributed by atoms with Crippen molar-refractivity contribution in [3.8, 4) is 0 Å². The highest BCUT2D eigenvalue weighted by molar-refractivity contribution is 7.74. The van der Waals surface area contributed by atoms with Crippen LogP contribution in [0, 0.1) is 10.1 Å². The van der Waals surface area contributed by atoms with Gasteiger partial charge in [0, 0.05) is 29.9 Å². The zero-order chi connectivity index (χ0) is 17.3. The second-order valence-electron chi connectivity index (χ2n) is 4.55. The summed E-state index contributed by atoms with van der Waals surface area (Å²) in [4.78, 5) is 10.0. The zero-order valence-corrected chi connectivity index (χ0v) is 12.7. The molecule has 0 amide bonds. The fraction of sp³-hybridized carbons (Fsp3) is 0.143. The van der Waals surface area contributed by atoms with E-state index in [9.17, 15) is 27.9 Å². The highest BCUT2D eigenvalue weighted by atomic mass is 31.2. The van der Waals surface area contributed by atoms with E-state index in [0.717, 1.165) is 36.4 Å². The fourth-order valence-corrected chi connectivity index (χ4v) is 3.78. The van der Waals surface area contributed by atoms with Gasteiger partial charge in [0.1, 0.15) is 0 Å². The first kappa shape index (κ1) is 17.2. The van der Waals surface area contributed by atoms with Gasteiger partial charge in [-0.2, -0.15) is 13.2 Å². The fourth-order valence-electron chi connectivity index (χ4n) is 1.98. The van der Waals surface area contributed by atoms with Crippen molar-refractivity contribution in [1.82, 2.24) is 0 Å². The molecule has 0 radical (unpaired) electrons. The molecule has 0 N–H and O–H groups in total. The van der Waals surface area contributed by atoms with Gasteiger partial charge in [-0.3, -0.25) is 14.7 Å². The molecule has 9 heteroatoms. The number of benzene rings is 2. The van der Waals surface area contributed by atoms with Crippen LogP contribution in [0.5, 0.6) is 0 Å². The number of nitro groups is 1. The Labute approximate surface area is 129 Å². The van der Waals surface area contributed by atoms with Gasteiger partial charge in [0.25, 0.3) is 13.1 Å². The first-order valence-corrected chi connectivity index (χ1v) is 7.89. The Morgan fingerprint density at radius 1 is 1.00 bits per heavy atom. The van der Waals surface area contributed by atoms with Crippen LogP contribution in [0.3, 0.4) is 0 Å². The standard InChI is InChI=1S/C14H11F3NO4P/c1-22-23(21,13-8-4-11(5-9-13)18(19)20)12-6-2-10(3-7-12)14(15,16)17/h2-9H,1H3. The summed E-state index contributed by atoms with van der Waals surface area (Å²) in [5.74, 6) is 0. The minimum Gasteiger partial charge on any atom is -0.325 e. The summed E-state index contributed by atoms with van der Waals surface area (Å²) in [5.41, 5.74) is -1.06. The normalized spacial score (nSPS) is 14.3. The van der Waals surface area contributed by atoms with E-state index in [-0.39, 0.29) is 16.3 Å². The van der Waals surface area contributed by atoms with Crippen molar-refractivity contribution in [3.05, 3.63) is 64.2 Å². The summed E-state index contributed by atoms with van der Waals surface area (Å²) in [5, 5.41) is 10.9. The molecule has 0 aromatic heterocycles. The van der Waals surface area contributed by atoms with Gasteiger partial charge in [0.2, 0.25) is 0 Å². The van der Waals surface area contributed by atoms with Gasteiger partial charge >= 0.3 is 6.18 Å². The largest absolute Gasteiger partial charge is 0.416 e. The predicted octanol–water partition coefficient (Wildman–Crippen LogP) is 3.49. The Morgan fingerprint density at radius 3 is 1.78 bits per heavy atom. The van der Waals surface area contributed by atoms with Crippen molar-refractivity contribution in [3.63, 3.8) is 0 Å². The molecular weight excluding hydrogens is 334 g/mol. The highest BCUT2D eigenvalue weighted by Crippen LogP contribution is 2.44. The van der Waals surface area contributed by atoms with Gasteiger partial charge in [-0.15, -0.1) is 0 Å². The van der Waals surface area contributed by atoms with Crippen LogP contribution in [-0.4, -0.2) is 12.0 Å². The summed E-state index contributed by atoms with van der Waals surface area (Å²) in [6.45, 7) is 0. The molecule has 23 heavy (non-hydrogen) atoms. The van der Waals surface area contributed by atoms with Crippen molar-refractivity contribution in [2.45, 2.75) is 6.18 Å². The first-order valence-electron chi connectivity index (χ1n) is 6.27. The number of hydrogen-bond acceptors (Lipinski definition) is 4.